The van der Waals surface area contributed by atoms with Crippen molar-refractivity contribution >= 4 is 0 Å². The Balaban J connectivity index is 1.52. The van der Waals surface area contributed by atoms with Crippen LogP contribution in [0.3, 0.4) is 0 Å². The minimum absolute atomic E-state index is 0.273. The minimum atomic E-state index is 0.273. The van der Waals surface area contributed by atoms with Crippen molar-refractivity contribution in [2.75, 3.05) is 6.61 Å². The van der Waals surface area contributed by atoms with E-state index in [-0.39, 0.29) is 6.61 Å². The first-order valence-corrected chi connectivity index (χ1v) is 8.03. The van der Waals surface area contributed by atoms with E-state index in [0.717, 1.165) is 18.7 Å². The fourth-order valence-corrected chi connectivity index (χ4v) is 3.60. The van der Waals surface area contributed by atoms with Crippen LogP contribution in [0.2, 0.25) is 0 Å². The van der Waals surface area contributed by atoms with Crippen molar-refractivity contribution in [3.05, 3.63) is 11.7 Å². The molecule has 2 aliphatic carbocycles. The molecule has 20 heavy (non-hydrogen) atoms. The second-order valence-corrected chi connectivity index (χ2v) is 6.24. The summed E-state index contributed by atoms with van der Waals surface area (Å²) >= 11 is 0. The Labute approximate surface area is 120 Å². The van der Waals surface area contributed by atoms with Gasteiger partial charge in [-0.25, -0.2) is 0 Å². The first kappa shape index (κ1) is 14.0. The molecule has 3 rings (SSSR count). The van der Waals surface area contributed by atoms with Crippen LogP contribution in [0.4, 0.5) is 0 Å². The Morgan fingerprint density at radius 2 is 1.85 bits per heavy atom. The molecule has 1 aromatic rings. The van der Waals surface area contributed by atoms with Crippen LogP contribution in [-0.2, 0) is 6.54 Å². The fraction of sp³-hybridized carbons (Fsp3) is 0.867. The largest absolute Gasteiger partial charge is 0.396 e. The van der Waals surface area contributed by atoms with Crippen molar-refractivity contribution in [3.8, 4) is 0 Å². The average molecular weight is 279 g/mol. The van der Waals surface area contributed by atoms with E-state index in [9.17, 15) is 5.11 Å². The number of nitrogens with one attached hydrogen (secondary N) is 1. The van der Waals surface area contributed by atoms with Crippen LogP contribution in [0, 0.1) is 5.92 Å². The number of nitrogens with zero attached hydrogens (tertiary/aromatic N) is 2. The van der Waals surface area contributed by atoms with Gasteiger partial charge in [-0.3, -0.25) is 0 Å². The normalized spacial score (nSPS) is 28.1. The molecule has 0 aliphatic heterocycles. The van der Waals surface area contributed by atoms with Crippen LogP contribution < -0.4 is 5.32 Å². The lowest BCUT2D eigenvalue weighted by molar-refractivity contribution is 0.150. The first-order valence-electron chi connectivity index (χ1n) is 8.03. The van der Waals surface area contributed by atoms with Gasteiger partial charge in [0.05, 0.1) is 6.54 Å². The van der Waals surface area contributed by atoms with Crippen LogP contribution in [0.15, 0.2) is 4.52 Å². The minimum Gasteiger partial charge on any atom is -0.396 e. The molecule has 5 heteroatoms. The Kier molecular flexibility index (Phi) is 4.68. The lowest BCUT2D eigenvalue weighted by Gasteiger charge is -2.30. The second-order valence-electron chi connectivity index (χ2n) is 6.24. The van der Waals surface area contributed by atoms with E-state index in [4.69, 9.17) is 4.52 Å². The standard InChI is InChI=1S/C15H25N3O2/c19-10-12-7-3-4-8-13(12)16-9-14-17-15(18-20-14)11-5-1-2-6-11/h11-13,16,19H,1-10H2/t12-,13-/m0/s1. The number of aromatic nitrogens is 2. The van der Waals surface area contributed by atoms with Gasteiger partial charge in [-0.05, 0) is 31.6 Å². The molecule has 2 atom stereocenters. The van der Waals surface area contributed by atoms with Crippen molar-refractivity contribution in [1.82, 2.24) is 15.5 Å². The molecule has 2 N–H and O–H groups in total. The topological polar surface area (TPSA) is 71.2 Å². The third-order valence-corrected chi connectivity index (χ3v) is 4.86. The third kappa shape index (κ3) is 3.20. The average Bonchev–Trinajstić information content (AvgIpc) is 3.16. The first-order chi connectivity index (χ1) is 9.86. The quantitative estimate of drug-likeness (QED) is 0.866. The zero-order chi connectivity index (χ0) is 13.8. The highest BCUT2D eigenvalue weighted by Crippen LogP contribution is 2.32. The predicted octanol–water partition coefficient (Wildman–Crippen LogP) is 2.37. The molecule has 5 nitrogen and oxygen atoms in total. The SMILES string of the molecule is OC[C@@H]1CCCC[C@@H]1NCc1nc(C2CCCC2)no1. The monoisotopic (exact) mass is 279 g/mol. The van der Waals surface area contributed by atoms with Crippen molar-refractivity contribution in [2.24, 2.45) is 5.92 Å². The van der Waals surface area contributed by atoms with Gasteiger partial charge < -0.3 is 14.9 Å². The van der Waals surface area contributed by atoms with Gasteiger partial charge in [0.1, 0.15) is 0 Å². The highest BCUT2D eigenvalue weighted by Gasteiger charge is 2.25. The summed E-state index contributed by atoms with van der Waals surface area (Å²) in [6.07, 6.45) is 9.69. The summed E-state index contributed by atoms with van der Waals surface area (Å²) in [6, 6.07) is 0.385. The van der Waals surface area contributed by atoms with Crippen molar-refractivity contribution in [2.45, 2.75) is 69.9 Å². The van der Waals surface area contributed by atoms with Gasteiger partial charge in [-0.1, -0.05) is 30.8 Å². The van der Waals surface area contributed by atoms with E-state index in [1.165, 1.54) is 38.5 Å². The molecule has 0 amide bonds. The van der Waals surface area contributed by atoms with E-state index >= 15 is 0 Å². The third-order valence-electron chi connectivity index (χ3n) is 4.86. The highest BCUT2D eigenvalue weighted by atomic mass is 16.5. The van der Waals surface area contributed by atoms with Crippen molar-refractivity contribution < 1.29 is 9.63 Å². The molecule has 2 aliphatic rings. The number of rotatable bonds is 5. The summed E-state index contributed by atoms with van der Waals surface area (Å²) in [5.41, 5.74) is 0. The second kappa shape index (κ2) is 6.68. The van der Waals surface area contributed by atoms with Crippen LogP contribution in [0.5, 0.6) is 0 Å². The fourth-order valence-electron chi connectivity index (χ4n) is 3.60. The summed E-state index contributed by atoms with van der Waals surface area (Å²) in [7, 11) is 0. The molecule has 0 bridgehead atoms. The molecule has 0 saturated heterocycles. The summed E-state index contributed by atoms with van der Waals surface area (Å²) in [4.78, 5) is 4.52. The number of hydrogen-bond acceptors (Lipinski definition) is 5. The van der Waals surface area contributed by atoms with Gasteiger partial charge in [0, 0.05) is 18.6 Å². The number of aliphatic hydroxyl groups excluding tert-OH is 1. The van der Waals surface area contributed by atoms with Gasteiger partial charge in [0.25, 0.3) is 0 Å². The maximum Gasteiger partial charge on any atom is 0.240 e. The maximum atomic E-state index is 9.41. The van der Waals surface area contributed by atoms with Gasteiger partial charge in [-0.2, -0.15) is 4.98 Å². The van der Waals surface area contributed by atoms with Crippen LogP contribution in [-0.4, -0.2) is 27.9 Å². The Bertz CT molecular complexity index is 415. The van der Waals surface area contributed by atoms with E-state index in [1.54, 1.807) is 0 Å². The summed E-state index contributed by atoms with van der Waals surface area (Å²) in [5.74, 6) is 2.46. The van der Waals surface area contributed by atoms with Crippen molar-refractivity contribution in [3.63, 3.8) is 0 Å². The van der Waals surface area contributed by atoms with E-state index < -0.39 is 0 Å². The molecule has 2 saturated carbocycles. The molecular weight excluding hydrogens is 254 g/mol. The lowest BCUT2D eigenvalue weighted by Crippen LogP contribution is -2.39. The van der Waals surface area contributed by atoms with Crippen molar-refractivity contribution in [1.29, 1.82) is 0 Å². The molecule has 1 heterocycles. The van der Waals surface area contributed by atoms with Gasteiger partial charge >= 0.3 is 0 Å². The zero-order valence-corrected chi connectivity index (χ0v) is 12.1. The van der Waals surface area contributed by atoms with Gasteiger partial charge in [0.2, 0.25) is 5.89 Å². The van der Waals surface area contributed by atoms with Gasteiger partial charge in [0.15, 0.2) is 5.82 Å². The van der Waals surface area contributed by atoms with E-state index in [2.05, 4.69) is 15.5 Å². The lowest BCUT2D eigenvalue weighted by atomic mass is 9.85. The predicted molar refractivity (Wildman–Crippen MR) is 75.2 cm³/mol. The molecule has 0 radical (unpaired) electrons. The van der Waals surface area contributed by atoms with Crippen LogP contribution >= 0.6 is 0 Å². The number of aliphatic hydroxyl groups is 1. The maximum absolute atomic E-state index is 9.41. The van der Waals surface area contributed by atoms with E-state index in [0.29, 0.717) is 30.3 Å². The van der Waals surface area contributed by atoms with Gasteiger partial charge in [-0.15, -0.1) is 0 Å². The summed E-state index contributed by atoms with van der Waals surface area (Å²) < 4.78 is 5.35. The Morgan fingerprint density at radius 1 is 1.10 bits per heavy atom. The van der Waals surface area contributed by atoms with Crippen LogP contribution in [0.1, 0.15) is 69.0 Å². The molecule has 2 fully saturated rings. The smallest absolute Gasteiger partial charge is 0.240 e. The molecule has 0 aromatic carbocycles. The molecule has 0 unspecified atom stereocenters. The highest BCUT2D eigenvalue weighted by molar-refractivity contribution is 4.98. The zero-order valence-electron chi connectivity index (χ0n) is 12.1. The molecule has 112 valence electrons. The summed E-state index contributed by atoms with van der Waals surface area (Å²) in [6.45, 7) is 0.899. The molecular formula is C15H25N3O2. The molecule has 1 aromatic heterocycles. The Morgan fingerprint density at radius 3 is 2.65 bits per heavy atom. The summed E-state index contributed by atoms with van der Waals surface area (Å²) in [5, 5.41) is 17.0. The van der Waals surface area contributed by atoms with Crippen LogP contribution in [0.25, 0.3) is 0 Å². The Hall–Kier alpha value is -0.940. The van der Waals surface area contributed by atoms with E-state index in [1.807, 2.05) is 0 Å². The molecule has 0 spiro atoms. The number of hydrogen-bond donors (Lipinski definition) is 2.